The Labute approximate surface area is 213 Å². The molecule has 0 bridgehead atoms. The van der Waals surface area contributed by atoms with E-state index in [9.17, 15) is 9.59 Å². The van der Waals surface area contributed by atoms with Crippen LogP contribution in [0.5, 0.6) is 0 Å². The van der Waals surface area contributed by atoms with E-state index < -0.39 is 5.91 Å². The quantitative estimate of drug-likeness (QED) is 0.423. The molecule has 1 atom stereocenters. The molecule has 2 aromatic carbocycles. The van der Waals surface area contributed by atoms with Crippen molar-refractivity contribution >= 4 is 49.7 Å². The fraction of sp³-hybridized carbons (Fsp3) is 0.296. The third-order valence-corrected chi connectivity index (χ3v) is 7.35. The maximum absolute atomic E-state index is 12.9. The van der Waals surface area contributed by atoms with Gasteiger partial charge in [-0.15, -0.1) is 0 Å². The second kappa shape index (κ2) is 11.0. The van der Waals surface area contributed by atoms with Crippen molar-refractivity contribution in [1.82, 2.24) is 9.88 Å². The molecule has 2 heterocycles. The zero-order chi connectivity index (χ0) is 24.9. The maximum atomic E-state index is 12.9. The number of nitrogens with zero attached hydrogens (tertiary/aromatic N) is 2. The van der Waals surface area contributed by atoms with Gasteiger partial charge in [-0.25, -0.2) is 4.98 Å². The number of nitrogens with one attached hydrogen (secondary N) is 2. The van der Waals surface area contributed by atoms with Gasteiger partial charge in [-0.05, 0) is 48.2 Å². The van der Waals surface area contributed by atoms with Gasteiger partial charge in [0.15, 0.2) is 10.8 Å². The van der Waals surface area contributed by atoms with Crippen molar-refractivity contribution in [3.8, 4) is 0 Å². The Hall–Kier alpha value is -3.53. The first-order valence-electron chi connectivity index (χ1n) is 12.1. The van der Waals surface area contributed by atoms with E-state index in [1.807, 2.05) is 54.6 Å². The minimum absolute atomic E-state index is 0.0421. The van der Waals surface area contributed by atoms with Gasteiger partial charge in [0.05, 0.1) is 13.2 Å². The van der Waals surface area contributed by atoms with Crippen LogP contribution in [0.4, 0.5) is 15.8 Å². The van der Waals surface area contributed by atoms with E-state index in [2.05, 4.69) is 26.6 Å². The molecule has 5 rings (SSSR count). The van der Waals surface area contributed by atoms with Crippen LogP contribution >= 0.6 is 11.3 Å². The summed E-state index contributed by atoms with van der Waals surface area (Å²) in [4.78, 5) is 31.7. The Kier molecular flexibility index (Phi) is 7.41. The number of benzene rings is 2. The molecule has 0 spiro atoms. The lowest BCUT2D eigenvalue weighted by Crippen LogP contribution is -2.37. The maximum Gasteiger partial charge on any atom is 0.270 e. The number of rotatable bonds is 8. The van der Waals surface area contributed by atoms with Crippen molar-refractivity contribution in [3.63, 3.8) is 0 Å². The molecule has 1 aromatic heterocycles. The first-order chi connectivity index (χ1) is 17.5. The highest BCUT2D eigenvalue weighted by Gasteiger charge is 2.21. The number of ether oxygens (including phenoxy) is 1. The number of carbonyl (C=O) groups is 2. The van der Waals surface area contributed by atoms with Crippen LogP contribution in [0.3, 0.4) is 0 Å². The molecule has 0 saturated carbocycles. The molecule has 1 fully saturated rings. The summed E-state index contributed by atoms with van der Waals surface area (Å²) in [5.41, 5.74) is 7.00. The molecule has 2 aliphatic rings. The number of anilines is 3. The number of nitrogens with two attached hydrogens (primary N) is 1. The predicted molar refractivity (Wildman–Crippen MR) is 144 cm³/mol. The average Bonchev–Trinajstić information content (AvgIpc) is 3.30. The molecule has 4 N–H and O–H groups in total. The fourth-order valence-corrected chi connectivity index (χ4v) is 5.30. The SMILES string of the molecule is NC(=O)c1nc(Nc2ccc3ccccc3c2)sc1NC(=O)C1=CCC(CCN2CCOCC2)C=C1. The Balaban J connectivity index is 1.21. The van der Waals surface area contributed by atoms with Gasteiger partial charge in [-0.1, -0.05) is 59.9 Å². The first-order valence-corrected chi connectivity index (χ1v) is 12.9. The molecule has 1 aliphatic heterocycles. The Morgan fingerprint density at radius 1 is 1.14 bits per heavy atom. The molecule has 1 aliphatic carbocycles. The zero-order valence-corrected chi connectivity index (χ0v) is 20.7. The van der Waals surface area contributed by atoms with Gasteiger partial charge in [-0.2, -0.15) is 0 Å². The third kappa shape index (κ3) is 5.81. The summed E-state index contributed by atoms with van der Waals surface area (Å²) in [5, 5.41) is 9.08. The number of aromatic nitrogens is 1. The second-order valence-electron chi connectivity index (χ2n) is 8.96. The lowest BCUT2D eigenvalue weighted by Gasteiger charge is -2.28. The Bertz CT molecular complexity index is 1330. The van der Waals surface area contributed by atoms with E-state index >= 15 is 0 Å². The van der Waals surface area contributed by atoms with Crippen molar-refractivity contribution in [3.05, 3.63) is 72.0 Å². The predicted octanol–water partition coefficient (Wildman–Crippen LogP) is 4.30. The lowest BCUT2D eigenvalue weighted by molar-refractivity contribution is -0.112. The van der Waals surface area contributed by atoms with Crippen LogP contribution in [0.15, 0.2) is 66.3 Å². The number of allylic oxidation sites excluding steroid dienone is 2. The largest absolute Gasteiger partial charge is 0.379 e. The number of hydrogen-bond acceptors (Lipinski definition) is 7. The van der Waals surface area contributed by atoms with E-state index in [0.29, 0.717) is 21.6 Å². The highest BCUT2D eigenvalue weighted by molar-refractivity contribution is 7.20. The molecule has 3 aromatic rings. The molecule has 8 nitrogen and oxygen atoms in total. The second-order valence-corrected chi connectivity index (χ2v) is 9.96. The van der Waals surface area contributed by atoms with Crippen molar-refractivity contribution in [1.29, 1.82) is 0 Å². The smallest absolute Gasteiger partial charge is 0.270 e. The van der Waals surface area contributed by atoms with E-state index in [1.165, 1.54) is 11.3 Å². The minimum Gasteiger partial charge on any atom is -0.379 e. The van der Waals surface area contributed by atoms with Gasteiger partial charge in [0.25, 0.3) is 11.8 Å². The highest BCUT2D eigenvalue weighted by atomic mass is 32.1. The fourth-order valence-electron chi connectivity index (χ4n) is 4.41. The molecule has 1 unspecified atom stereocenters. The van der Waals surface area contributed by atoms with Crippen LogP contribution in [0.25, 0.3) is 10.8 Å². The summed E-state index contributed by atoms with van der Waals surface area (Å²) in [6.07, 6.45) is 7.78. The van der Waals surface area contributed by atoms with E-state index in [1.54, 1.807) is 0 Å². The number of thiazole rings is 1. The van der Waals surface area contributed by atoms with Crippen LogP contribution in [-0.4, -0.2) is 54.5 Å². The third-order valence-electron chi connectivity index (χ3n) is 6.46. The van der Waals surface area contributed by atoms with Crippen molar-refractivity contribution in [2.75, 3.05) is 43.5 Å². The first kappa shape index (κ1) is 24.2. The Morgan fingerprint density at radius 2 is 1.94 bits per heavy atom. The highest BCUT2D eigenvalue weighted by Crippen LogP contribution is 2.32. The average molecular weight is 504 g/mol. The molecule has 2 amide bonds. The summed E-state index contributed by atoms with van der Waals surface area (Å²) in [5.74, 6) is -0.558. The monoisotopic (exact) mass is 503 g/mol. The summed E-state index contributed by atoms with van der Waals surface area (Å²) in [6, 6.07) is 14.0. The summed E-state index contributed by atoms with van der Waals surface area (Å²) in [7, 11) is 0. The van der Waals surface area contributed by atoms with Gasteiger partial charge in [0.1, 0.15) is 5.00 Å². The summed E-state index contributed by atoms with van der Waals surface area (Å²) >= 11 is 1.18. The number of carbonyl (C=O) groups excluding carboxylic acids is 2. The van der Waals surface area contributed by atoms with E-state index in [4.69, 9.17) is 10.5 Å². The zero-order valence-electron chi connectivity index (χ0n) is 19.9. The van der Waals surface area contributed by atoms with E-state index in [0.717, 1.165) is 62.1 Å². The number of morpholine rings is 1. The van der Waals surface area contributed by atoms with Gasteiger partial charge < -0.3 is 21.1 Å². The summed E-state index contributed by atoms with van der Waals surface area (Å²) < 4.78 is 5.40. The Morgan fingerprint density at radius 3 is 2.69 bits per heavy atom. The number of primary amides is 1. The molecular weight excluding hydrogens is 474 g/mol. The van der Waals surface area contributed by atoms with Crippen LogP contribution in [0, 0.1) is 5.92 Å². The number of fused-ring (bicyclic) bond motifs is 1. The van der Waals surface area contributed by atoms with Gasteiger partial charge >= 0.3 is 0 Å². The van der Waals surface area contributed by atoms with Crippen molar-refractivity contribution < 1.29 is 14.3 Å². The van der Waals surface area contributed by atoms with Crippen molar-refractivity contribution in [2.24, 2.45) is 11.7 Å². The van der Waals surface area contributed by atoms with E-state index in [-0.39, 0.29) is 11.6 Å². The molecule has 0 radical (unpaired) electrons. The van der Waals surface area contributed by atoms with Crippen molar-refractivity contribution in [2.45, 2.75) is 12.8 Å². The molecule has 186 valence electrons. The number of amides is 2. The molecular formula is C27H29N5O3S. The van der Waals surface area contributed by atoms with Crippen LogP contribution < -0.4 is 16.4 Å². The van der Waals surface area contributed by atoms with Crippen LogP contribution in [0.2, 0.25) is 0 Å². The normalized spacial score (nSPS) is 18.1. The van der Waals surface area contributed by atoms with Gasteiger partial charge in [0.2, 0.25) is 0 Å². The van der Waals surface area contributed by atoms with Gasteiger partial charge in [-0.3, -0.25) is 14.5 Å². The standard InChI is InChI=1S/C27H29N5O3S/c28-24(33)23-26(36-27(30-23)29-22-10-9-19-3-1-2-4-21(19)17-22)31-25(34)20-7-5-18(6-8-20)11-12-32-13-15-35-16-14-32/h1-5,7-10,17-18H,6,11-16H2,(H2,28,33)(H,29,30)(H,31,34). The number of hydrogen-bond donors (Lipinski definition) is 3. The topological polar surface area (TPSA) is 110 Å². The molecule has 1 saturated heterocycles. The van der Waals surface area contributed by atoms with Crippen LogP contribution in [0.1, 0.15) is 23.3 Å². The molecule has 9 heteroatoms. The van der Waals surface area contributed by atoms with Gasteiger partial charge in [0, 0.05) is 24.4 Å². The molecule has 36 heavy (non-hydrogen) atoms. The lowest BCUT2D eigenvalue weighted by atomic mass is 9.93. The summed E-state index contributed by atoms with van der Waals surface area (Å²) in [6.45, 7) is 4.59. The van der Waals surface area contributed by atoms with Crippen LogP contribution in [-0.2, 0) is 9.53 Å². The minimum atomic E-state index is -0.690.